The Hall–Kier alpha value is -0.540. The predicted molar refractivity (Wildman–Crippen MR) is 74.4 cm³/mol. The van der Waals surface area contributed by atoms with Gasteiger partial charge in [-0.25, -0.2) is 0 Å². The lowest BCUT2D eigenvalue weighted by Gasteiger charge is -2.21. The molecular formula is C14H20BrNO. The van der Waals surface area contributed by atoms with Crippen molar-refractivity contribution in [3.8, 4) is 5.75 Å². The Labute approximate surface area is 112 Å². The van der Waals surface area contributed by atoms with E-state index in [-0.39, 0.29) is 0 Å². The molecule has 0 heterocycles. The molecule has 3 unspecified atom stereocenters. The van der Waals surface area contributed by atoms with Gasteiger partial charge in [0.2, 0.25) is 0 Å². The molecule has 17 heavy (non-hydrogen) atoms. The highest BCUT2D eigenvalue weighted by Crippen LogP contribution is 2.48. The van der Waals surface area contributed by atoms with Gasteiger partial charge in [-0.15, -0.1) is 0 Å². The summed E-state index contributed by atoms with van der Waals surface area (Å²) in [6, 6.07) is 6.66. The van der Waals surface area contributed by atoms with E-state index in [4.69, 9.17) is 4.74 Å². The molecule has 2 nitrogen and oxygen atoms in total. The number of hydrogen-bond donors (Lipinski definition) is 1. The monoisotopic (exact) mass is 297 g/mol. The first kappa shape index (κ1) is 12.9. The Bertz CT molecular complexity index is 394. The molecular weight excluding hydrogens is 278 g/mol. The average Bonchev–Trinajstić information content (AvgIpc) is 3.03. The number of hydrogen-bond acceptors (Lipinski definition) is 2. The molecule has 1 aliphatic rings. The number of halogens is 1. The average molecular weight is 298 g/mol. The lowest BCUT2D eigenvalue weighted by molar-refractivity contribution is 0.389. The van der Waals surface area contributed by atoms with Crippen LogP contribution in [0.3, 0.4) is 0 Å². The van der Waals surface area contributed by atoms with Crippen LogP contribution in [0.5, 0.6) is 5.75 Å². The van der Waals surface area contributed by atoms with Gasteiger partial charge in [-0.2, -0.15) is 0 Å². The maximum absolute atomic E-state index is 5.48. The molecule has 1 aromatic carbocycles. The van der Waals surface area contributed by atoms with Crippen molar-refractivity contribution in [2.45, 2.75) is 26.3 Å². The van der Waals surface area contributed by atoms with Gasteiger partial charge in [-0.1, -0.05) is 29.8 Å². The zero-order chi connectivity index (χ0) is 12.4. The summed E-state index contributed by atoms with van der Waals surface area (Å²) in [5, 5.41) is 3.59. The van der Waals surface area contributed by atoms with Crippen LogP contribution in [0.4, 0.5) is 0 Å². The Kier molecular flexibility index (Phi) is 4.10. The molecule has 0 bridgehead atoms. The van der Waals surface area contributed by atoms with Gasteiger partial charge < -0.3 is 10.1 Å². The molecule has 0 amide bonds. The van der Waals surface area contributed by atoms with Crippen LogP contribution in [0.1, 0.15) is 31.9 Å². The summed E-state index contributed by atoms with van der Waals surface area (Å²) in [6.45, 7) is 5.47. The van der Waals surface area contributed by atoms with Crippen LogP contribution in [0.15, 0.2) is 22.7 Å². The van der Waals surface area contributed by atoms with E-state index in [0.29, 0.717) is 6.04 Å². The standard InChI is InChI=1S/C14H20BrNO/c1-4-16-14(11-7-9(11)2)12-8-10(15)5-6-13(12)17-3/h5-6,8-9,11,14,16H,4,7H2,1-3H3. The third-order valence-corrected chi connectivity index (χ3v) is 4.04. The van der Waals surface area contributed by atoms with Gasteiger partial charge in [0, 0.05) is 16.1 Å². The smallest absolute Gasteiger partial charge is 0.123 e. The van der Waals surface area contributed by atoms with Gasteiger partial charge in [0.15, 0.2) is 0 Å². The van der Waals surface area contributed by atoms with Crippen LogP contribution in [0.2, 0.25) is 0 Å². The first-order chi connectivity index (χ1) is 8.17. The number of methoxy groups -OCH3 is 1. The summed E-state index contributed by atoms with van der Waals surface area (Å²) in [4.78, 5) is 0. The maximum atomic E-state index is 5.48. The van der Waals surface area contributed by atoms with Crippen molar-refractivity contribution in [2.75, 3.05) is 13.7 Å². The molecule has 0 radical (unpaired) electrons. The number of ether oxygens (including phenoxy) is 1. The van der Waals surface area contributed by atoms with Gasteiger partial charge in [-0.05, 0) is 43.0 Å². The van der Waals surface area contributed by atoms with Gasteiger partial charge in [0.25, 0.3) is 0 Å². The highest BCUT2D eigenvalue weighted by molar-refractivity contribution is 9.10. The molecule has 1 N–H and O–H groups in total. The van der Waals surface area contributed by atoms with E-state index in [9.17, 15) is 0 Å². The van der Waals surface area contributed by atoms with Crippen LogP contribution in [-0.4, -0.2) is 13.7 Å². The largest absolute Gasteiger partial charge is 0.496 e. The van der Waals surface area contributed by atoms with E-state index in [1.807, 2.05) is 12.1 Å². The predicted octanol–water partition coefficient (Wildman–Crippen LogP) is 3.76. The van der Waals surface area contributed by atoms with Crippen molar-refractivity contribution in [1.29, 1.82) is 0 Å². The molecule has 1 saturated carbocycles. The lowest BCUT2D eigenvalue weighted by Crippen LogP contribution is -2.23. The van der Waals surface area contributed by atoms with Crippen LogP contribution in [0, 0.1) is 11.8 Å². The molecule has 1 fully saturated rings. The molecule has 2 rings (SSSR count). The molecule has 94 valence electrons. The van der Waals surface area contributed by atoms with Gasteiger partial charge in [0.05, 0.1) is 7.11 Å². The van der Waals surface area contributed by atoms with Crippen LogP contribution in [0.25, 0.3) is 0 Å². The highest BCUT2D eigenvalue weighted by Gasteiger charge is 2.40. The third kappa shape index (κ3) is 2.83. The van der Waals surface area contributed by atoms with E-state index in [1.165, 1.54) is 12.0 Å². The normalized spacial score (nSPS) is 24.5. The summed E-state index contributed by atoms with van der Waals surface area (Å²) in [5.74, 6) is 2.55. The molecule has 1 aliphatic carbocycles. The molecule has 3 heteroatoms. The van der Waals surface area contributed by atoms with Crippen LogP contribution < -0.4 is 10.1 Å². The quantitative estimate of drug-likeness (QED) is 0.893. The lowest BCUT2D eigenvalue weighted by atomic mass is 10.00. The van der Waals surface area contributed by atoms with Crippen LogP contribution in [-0.2, 0) is 0 Å². The minimum Gasteiger partial charge on any atom is -0.496 e. The highest BCUT2D eigenvalue weighted by atomic mass is 79.9. The topological polar surface area (TPSA) is 21.3 Å². The molecule has 0 aliphatic heterocycles. The fraction of sp³-hybridized carbons (Fsp3) is 0.571. The Morgan fingerprint density at radius 2 is 2.24 bits per heavy atom. The van der Waals surface area contributed by atoms with E-state index in [1.54, 1.807) is 7.11 Å². The van der Waals surface area contributed by atoms with Crippen molar-refractivity contribution in [3.05, 3.63) is 28.2 Å². The first-order valence-corrected chi connectivity index (χ1v) is 7.03. The summed E-state index contributed by atoms with van der Waals surface area (Å²) >= 11 is 3.55. The Morgan fingerprint density at radius 1 is 1.53 bits per heavy atom. The van der Waals surface area contributed by atoms with Crippen molar-refractivity contribution in [1.82, 2.24) is 5.32 Å². The Morgan fingerprint density at radius 3 is 2.76 bits per heavy atom. The number of nitrogens with one attached hydrogen (secondary N) is 1. The van der Waals surface area contributed by atoms with Crippen molar-refractivity contribution in [2.24, 2.45) is 11.8 Å². The van der Waals surface area contributed by atoms with Crippen molar-refractivity contribution in [3.63, 3.8) is 0 Å². The first-order valence-electron chi connectivity index (χ1n) is 6.24. The summed E-state index contributed by atoms with van der Waals surface area (Å²) < 4.78 is 6.60. The van der Waals surface area contributed by atoms with Gasteiger partial charge in [-0.3, -0.25) is 0 Å². The maximum Gasteiger partial charge on any atom is 0.123 e. The third-order valence-electron chi connectivity index (χ3n) is 3.55. The fourth-order valence-corrected chi connectivity index (χ4v) is 2.85. The van der Waals surface area contributed by atoms with E-state index < -0.39 is 0 Å². The summed E-state index contributed by atoms with van der Waals surface area (Å²) in [7, 11) is 1.74. The summed E-state index contributed by atoms with van der Waals surface area (Å²) in [6.07, 6.45) is 1.31. The minimum atomic E-state index is 0.419. The van der Waals surface area contributed by atoms with E-state index in [0.717, 1.165) is 28.6 Å². The molecule has 0 spiro atoms. The van der Waals surface area contributed by atoms with E-state index >= 15 is 0 Å². The molecule has 0 aromatic heterocycles. The second-order valence-electron chi connectivity index (χ2n) is 4.80. The SMILES string of the molecule is CCNC(c1cc(Br)ccc1OC)C1CC1C. The van der Waals surface area contributed by atoms with Crippen molar-refractivity contribution >= 4 is 15.9 Å². The van der Waals surface area contributed by atoms with E-state index in [2.05, 4.69) is 41.2 Å². The second kappa shape index (κ2) is 5.40. The number of rotatable bonds is 5. The van der Waals surface area contributed by atoms with Crippen molar-refractivity contribution < 1.29 is 4.74 Å². The molecule has 1 aromatic rings. The van der Waals surface area contributed by atoms with Gasteiger partial charge >= 0.3 is 0 Å². The van der Waals surface area contributed by atoms with Crippen LogP contribution >= 0.6 is 15.9 Å². The number of benzene rings is 1. The van der Waals surface area contributed by atoms with Gasteiger partial charge in [0.1, 0.15) is 5.75 Å². The zero-order valence-electron chi connectivity index (χ0n) is 10.7. The Balaban J connectivity index is 2.30. The second-order valence-corrected chi connectivity index (χ2v) is 5.71. The minimum absolute atomic E-state index is 0.419. The molecule has 3 atom stereocenters. The fourth-order valence-electron chi connectivity index (χ4n) is 2.48. The molecule has 0 saturated heterocycles. The zero-order valence-corrected chi connectivity index (χ0v) is 12.3. The summed E-state index contributed by atoms with van der Waals surface area (Å²) in [5.41, 5.74) is 1.28.